The number of hydrogen-bond acceptors (Lipinski definition) is 7. The fourth-order valence-corrected chi connectivity index (χ4v) is 6.73. The van der Waals surface area contributed by atoms with E-state index in [2.05, 4.69) is 52.2 Å². The highest BCUT2D eigenvalue weighted by atomic mass is 16.6. The molecule has 0 radical (unpaired) electrons. The van der Waals surface area contributed by atoms with Crippen molar-refractivity contribution in [1.82, 2.24) is 30.8 Å². The molecule has 6 aromatic rings. The Bertz CT molecular complexity index is 2030. The zero-order chi connectivity index (χ0) is 37.3. The van der Waals surface area contributed by atoms with Crippen molar-refractivity contribution in [2.75, 3.05) is 13.1 Å². The molecule has 1 heterocycles. The quantitative estimate of drug-likeness (QED) is 0.0665. The van der Waals surface area contributed by atoms with Crippen LogP contribution in [0.15, 0.2) is 133 Å². The number of Topliss-reactive ketones (excluding diaryl/α,β-unsaturated/α-hetero) is 1. The molecule has 2 N–H and O–H groups in total. The fraction of sp³-hybridized carbons (Fsp3) is 0.250. The molecule has 5 aromatic carbocycles. The smallest absolute Gasteiger partial charge is 0.407 e. The Kier molecular flexibility index (Phi) is 11.5. The first-order chi connectivity index (χ1) is 25.7. The molecule has 9 nitrogen and oxygen atoms in total. The minimum atomic E-state index is -0.926. The molecule has 0 fully saturated rings. The van der Waals surface area contributed by atoms with Gasteiger partial charge in [-0.05, 0) is 77.1 Å². The van der Waals surface area contributed by atoms with E-state index in [1.54, 1.807) is 0 Å². The topological polar surface area (TPSA) is 111 Å². The van der Waals surface area contributed by atoms with Crippen molar-refractivity contribution in [2.45, 2.75) is 58.2 Å². The van der Waals surface area contributed by atoms with Crippen LogP contribution in [0.2, 0.25) is 0 Å². The molecule has 9 heteroatoms. The van der Waals surface area contributed by atoms with Crippen molar-refractivity contribution < 1.29 is 14.3 Å². The number of aromatic nitrogens is 4. The third kappa shape index (κ3) is 8.26. The third-order valence-electron chi connectivity index (χ3n) is 8.98. The zero-order valence-electron chi connectivity index (χ0n) is 30.8. The van der Waals surface area contributed by atoms with Crippen molar-refractivity contribution >= 4 is 11.9 Å². The molecule has 0 spiro atoms. The van der Waals surface area contributed by atoms with E-state index in [1.807, 2.05) is 129 Å². The number of alkyl carbamates (subject to hydrolysis) is 1. The van der Waals surface area contributed by atoms with Gasteiger partial charge in [0.15, 0.2) is 11.6 Å². The van der Waals surface area contributed by atoms with Crippen LogP contribution in [0, 0.1) is 0 Å². The summed E-state index contributed by atoms with van der Waals surface area (Å²) in [4.78, 5) is 25.8. The second kappa shape index (κ2) is 16.6. The lowest BCUT2D eigenvalue weighted by atomic mass is 9.77. The van der Waals surface area contributed by atoms with Crippen LogP contribution in [-0.2, 0) is 16.8 Å². The monoisotopic (exact) mass is 706 g/mol. The van der Waals surface area contributed by atoms with Gasteiger partial charge in [0.05, 0.1) is 0 Å². The van der Waals surface area contributed by atoms with Crippen LogP contribution in [0.4, 0.5) is 4.79 Å². The Morgan fingerprint density at radius 2 is 1.26 bits per heavy atom. The second-order valence-electron chi connectivity index (χ2n) is 13.9. The van der Waals surface area contributed by atoms with E-state index in [4.69, 9.17) is 15.0 Å². The Hall–Kier alpha value is -5.93. The molecule has 0 aliphatic rings. The standard InChI is InChI=1S/C44H46N6O3/c1-5-17-40(51)39-30-32(31-45-28-29-46-42(52)53-43(2,3)4)26-27-37(39)36-24-15-16-25-38(36)41-47-48-49-50(41)44(33-18-9-6-10-19-33,34-20-11-7-12-21-34)35-22-13-8-14-23-35/h6-16,18-27,30,45H,5,17,28-29,31H2,1-4H3,(H,46,52). The molecule has 1 amide bonds. The lowest BCUT2D eigenvalue weighted by molar-refractivity contribution is 0.0528. The average molecular weight is 707 g/mol. The summed E-state index contributed by atoms with van der Waals surface area (Å²) in [5, 5.41) is 19.9. The van der Waals surface area contributed by atoms with Gasteiger partial charge in [-0.2, -0.15) is 0 Å². The number of carbonyl (C=O) groups excluding carboxylic acids is 2. The molecule has 0 bridgehead atoms. The van der Waals surface area contributed by atoms with Crippen LogP contribution in [0.5, 0.6) is 0 Å². The summed E-state index contributed by atoms with van der Waals surface area (Å²) in [7, 11) is 0. The van der Waals surface area contributed by atoms with Gasteiger partial charge in [0.25, 0.3) is 0 Å². The van der Waals surface area contributed by atoms with E-state index in [0.29, 0.717) is 37.4 Å². The Balaban J connectivity index is 1.42. The first-order valence-corrected chi connectivity index (χ1v) is 18.1. The largest absolute Gasteiger partial charge is 0.444 e. The zero-order valence-corrected chi connectivity index (χ0v) is 30.8. The summed E-state index contributed by atoms with van der Waals surface area (Å²) in [6.45, 7) is 8.98. The lowest BCUT2D eigenvalue weighted by Crippen LogP contribution is -2.39. The van der Waals surface area contributed by atoms with Crippen molar-refractivity contribution in [1.29, 1.82) is 0 Å². The van der Waals surface area contributed by atoms with Crippen LogP contribution < -0.4 is 10.6 Å². The maximum atomic E-state index is 13.8. The van der Waals surface area contributed by atoms with Gasteiger partial charge in [-0.3, -0.25) is 4.79 Å². The predicted octanol–water partition coefficient (Wildman–Crippen LogP) is 8.44. The molecule has 0 aliphatic heterocycles. The van der Waals surface area contributed by atoms with Crippen molar-refractivity contribution in [2.24, 2.45) is 0 Å². The number of benzene rings is 5. The number of rotatable bonds is 14. The average Bonchev–Trinajstić information content (AvgIpc) is 3.66. The summed E-state index contributed by atoms with van der Waals surface area (Å²) < 4.78 is 7.24. The molecule has 0 saturated heterocycles. The number of hydrogen-bond donors (Lipinski definition) is 2. The lowest BCUT2D eigenvalue weighted by Gasteiger charge is -2.36. The summed E-state index contributed by atoms with van der Waals surface area (Å²) in [5.74, 6) is 0.631. The first-order valence-electron chi connectivity index (χ1n) is 18.1. The molecule has 270 valence electrons. The highest BCUT2D eigenvalue weighted by molar-refractivity contribution is 6.04. The van der Waals surface area contributed by atoms with E-state index in [9.17, 15) is 9.59 Å². The van der Waals surface area contributed by atoms with Crippen LogP contribution in [0.3, 0.4) is 0 Å². The number of ketones is 1. The van der Waals surface area contributed by atoms with E-state index < -0.39 is 17.2 Å². The van der Waals surface area contributed by atoms with Gasteiger partial charge in [0.1, 0.15) is 11.1 Å². The molecular formula is C44H46N6O3. The van der Waals surface area contributed by atoms with E-state index >= 15 is 0 Å². The summed E-state index contributed by atoms with van der Waals surface area (Å²) in [6, 6.07) is 44.9. The molecule has 0 aliphatic carbocycles. The molecule has 53 heavy (non-hydrogen) atoms. The highest BCUT2D eigenvalue weighted by Gasteiger charge is 2.42. The number of nitrogens with one attached hydrogen (secondary N) is 2. The highest BCUT2D eigenvalue weighted by Crippen LogP contribution is 2.43. The second-order valence-corrected chi connectivity index (χ2v) is 13.9. The van der Waals surface area contributed by atoms with Crippen molar-refractivity contribution in [3.05, 3.63) is 161 Å². The van der Waals surface area contributed by atoms with Gasteiger partial charge < -0.3 is 15.4 Å². The summed E-state index contributed by atoms with van der Waals surface area (Å²) >= 11 is 0. The molecule has 1 aromatic heterocycles. The maximum absolute atomic E-state index is 13.8. The molecule has 6 rings (SSSR count). The molecular weight excluding hydrogens is 661 g/mol. The van der Waals surface area contributed by atoms with Gasteiger partial charge in [-0.25, -0.2) is 9.48 Å². The number of amides is 1. The number of ether oxygens (including phenoxy) is 1. The van der Waals surface area contributed by atoms with Crippen molar-refractivity contribution in [3.63, 3.8) is 0 Å². The third-order valence-corrected chi connectivity index (χ3v) is 8.98. The van der Waals surface area contributed by atoms with Crippen LogP contribution >= 0.6 is 0 Å². The summed E-state index contributed by atoms with van der Waals surface area (Å²) in [6.07, 6.45) is 0.697. The van der Waals surface area contributed by atoms with Crippen LogP contribution in [0.25, 0.3) is 22.5 Å². The van der Waals surface area contributed by atoms with E-state index in [0.717, 1.165) is 45.4 Å². The minimum absolute atomic E-state index is 0.0672. The number of nitrogens with zero attached hydrogens (tertiary/aromatic N) is 4. The van der Waals surface area contributed by atoms with Crippen LogP contribution in [0.1, 0.15) is 73.1 Å². The molecule has 0 unspecified atom stereocenters. The Morgan fingerprint density at radius 1 is 0.698 bits per heavy atom. The van der Waals surface area contributed by atoms with E-state index in [1.165, 1.54) is 0 Å². The Morgan fingerprint density at radius 3 is 1.83 bits per heavy atom. The summed E-state index contributed by atoms with van der Waals surface area (Å²) in [5.41, 5.74) is 5.59. The SMILES string of the molecule is CCCC(=O)c1cc(CNCCNC(=O)OC(C)(C)C)ccc1-c1ccccc1-c1nnnn1C(c1ccccc1)(c1ccccc1)c1ccccc1. The fourth-order valence-electron chi connectivity index (χ4n) is 6.73. The normalized spacial score (nSPS) is 11.6. The number of tetrazole rings is 1. The van der Waals surface area contributed by atoms with Gasteiger partial charge in [-0.15, -0.1) is 5.10 Å². The van der Waals surface area contributed by atoms with Crippen LogP contribution in [-0.4, -0.2) is 50.8 Å². The van der Waals surface area contributed by atoms with Gasteiger partial charge in [0.2, 0.25) is 0 Å². The van der Waals surface area contributed by atoms with Gasteiger partial charge >= 0.3 is 6.09 Å². The van der Waals surface area contributed by atoms with Gasteiger partial charge in [-0.1, -0.05) is 134 Å². The van der Waals surface area contributed by atoms with E-state index in [-0.39, 0.29) is 5.78 Å². The molecule has 0 atom stereocenters. The number of carbonyl (C=O) groups is 2. The molecule has 0 saturated carbocycles. The predicted molar refractivity (Wildman–Crippen MR) is 208 cm³/mol. The first kappa shape index (κ1) is 36.8. The minimum Gasteiger partial charge on any atom is -0.444 e. The Labute approximate surface area is 311 Å². The van der Waals surface area contributed by atoms with Crippen molar-refractivity contribution in [3.8, 4) is 22.5 Å². The van der Waals surface area contributed by atoms with Gasteiger partial charge in [0, 0.05) is 37.2 Å². The maximum Gasteiger partial charge on any atom is 0.407 e.